The van der Waals surface area contributed by atoms with Crippen molar-refractivity contribution in [1.29, 1.82) is 0 Å². The van der Waals surface area contributed by atoms with Crippen molar-refractivity contribution >= 4 is 23.1 Å². The van der Waals surface area contributed by atoms with Crippen LogP contribution in [0.15, 0.2) is 48.7 Å². The van der Waals surface area contributed by atoms with Gasteiger partial charge in [0, 0.05) is 56.6 Å². The molecule has 3 aromatic rings. The largest absolute Gasteiger partial charge is 0.507 e. The third-order valence-electron chi connectivity index (χ3n) is 6.69. The normalized spacial score (nSPS) is 19.1. The number of likely N-dealkylation sites (N-methyl/N-ethyl adjacent to an activating group) is 1. The van der Waals surface area contributed by atoms with E-state index in [0.29, 0.717) is 11.6 Å². The Kier molecular flexibility index (Phi) is 6.36. The number of phenolic OH excluding ortho intramolecular Hbond substituents is 1. The van der Waals surface area contributed by atoms with Crippen LogP contribution >= 0.6 is 11.6 Å². The molecule has 2 aliphatic heterocycles. The first-order chi connectivity index (χ1) is 16.4. The quantitative estimate of drug-likeness (QED) is 0.528. The van der Waals surface area contributed by atoms with E-state index in [1.54, 1.807) is 6.20 Å². The van der Waals surface area contributed by atoms with Gasteiger partial charge in [-0.1, -0.05) is 17.7 Å². The van der Waals surface area contributed by atoms with Gasteiger partial charge in [-0.2, -0.15) is 0 Å². The number of anilines is 2. The molecule has 1 atom stereocenters. The molecule has 2 aliphatic rings. The fourth-order valence-electron chi connectivity index (χ4n) is 4.76. The van der Waals surface area contributed by atoms with Gasteiger partial charge in [-0.15, -0.1) is 0 Å². The van der Waals surface area contributed by atoms with Gasteiger partial charge in [0.05, 0.1) is 10.7 Å². The number of aromatic hydroxyl groups is 1. The smallest absolute Gasteiger partial charge is 0.186 e. The second kappa shape index (κ2) is 9.43. The van der Waals surface area contributed by atoms with Crippen LogP contribution in [0.4, 0.5) is 11.5 Å². The number of hydrogen-bond acceptors (Lipinski definition) is 7. The van der Waals surface area contributed by atoms with E-state index in [4.69, 9.17) is 11.6 Å². The summed E-state index contributed by atoms with van der Waals surface area (Å²) in [7, 11) is 1.88. The Bertz CT molecular complexity index is 1200. The number of nitrogens with zero attached hydrogens (tertiary/aromatic N) is 4. The average molecular weight is 480 g/mol. The van der Waals surface area contributed by atoms with Crippen LogP contribution in [0.1, 0.15) is 5.56 Å². The van der Waals surface area contributed by atoms with Crippen molar-refractivity contribution in [2.75, 3.05) is 56.1 Å². The Morgan fingerprint density at radius 2 is 1.68 bits per heavy atom. The van der Waals surface area contributed by atoms with Gasteiger partial charge >= 0.3 is 0 Å². The highest BCUT2D eigenvalue weighted by Gasteiger charge is 2.29. The fourth-order valence-corrected chi connectivity index (χ4v) is 5.05. The van der Waals surface area contributed by atoms with E-state index in [2.05, 4.69) is 15.2 Å². The highest BCUT2D eigenvalue weighted by Crippen LogP contribution is 2.42. The lowest BCUT2D eigenvalue weighted by atomic mass is 9.95. The third-order valence-corrected chi connectivity index (χ3v) is 6.99. The van der Waals surface area contributed by atoms with Crippen LogP contribution in [0.25, 0.3) is 22.3 Å². The molecule has 2 fully saturated rings. The standard InChI is InChI=1S/C26H30ClN5O2/c1-17-13-20(18-3-4-23(22(27)15-18)32-12-11-30(2)26(32)34)25(33)21(14-17)19-5-6-29-24(16-19)31-9-7-28-8-10-31/h3-6,13-16,26,28,33-34H,7-12H2,1-2H3. The molecule has 5 rings (SSSR count). The summed E-state index contributed by atoms with van der Waals surface area (Å²) in [6.07, 6.45) is 1.11. The van der Waals surface area contributed by atoms with Crippen LogP contribution in [0.3, 0.4) is 0 Å². The maximum absolute atomic E-state index is 11.3. The maximum atomic E-state index is 11.3. The van der Waals surface area contributed by atoms with E-state index >= 15 is 0 Å². The fraction of sp³-hybridized carbons (Fsp3) is 0.346. The molecule has 0 saturated carbocycles. The Morgan fingerprint density at radius 3 is 2.32 bits per heavy atom. The number of phenols is 1. The van der Waals surface area contributed by atoms with Crippen LogP contribution in [0, 0.1) is 6.92 Å². The predicted octanol–water partition coefficient (Wildman–Crippen LogP) is 3.52. The van der Waals surface area contributed by atoms with E-state index in [1.165, 1.54) is 0 Å². The summed E-state index contributed by atoms with van der Waals surface area (Å²) in [5.41, 5.74) is 5.07. The van der Waals surface area contributed by atoms with Crippen molar-refractivity contribution in [2.24, 2.45) is 0 Å². The molecule has 0 amide bonds. The molecule has 2 aromatic carbocycles. The Morgan fingerprint density at radius 1 is 0.971 bits per heavy atom. The predicted molar refractivity (Wildman–Crippen MR) is 138 cm³/mol. The third kappa shape index (κ3) is 4.32. The summed E-state index contributed by atoms with van der Waals surface area (Å²) >= 11 is 6.66. The molecule has 0 radical (unpaired) electrons. The first-order valence-corrected chi connectivity index (χ1v) is 12.0. The number of nitrogens with one attached hydrogen (secondary N) is 1. The van der Waals surface area contributed by atoms with Crippen LogP contribution in [-0.4, -0.2) is 72.8 Å². The molecule has 3 heterocycles. The second-order valence-corrected chi connectivity index (χ2v) is 9.44. The number of aryl methyl sites for hydroxylation is 1. The molecule has 0 spiro atoms. The van der Waals surface area contributed by atoms with Crippen molar-refractivity contribution in [2.45, 2.75) is 13.3 Å². The van der Waals surface area contributed by atoms with Crippen molar-refractivity contribution in [3.05, 3.63) is 59.2 Å². The van der Waals surface area contributed by atoms with Gasteiger partial charge in [-0.05, 0) is 67.1 Å². The summed E-state index contributed by atoms with van der Waals surface area (Å²) in [6.45, 7) is 7.19. The summed E-state index contributed by atoms with van der Waals surface area (Å²) in [6, 6.07) is 13.7. The Balaban J connectivity index is 1.50. The molecule has 0 bridgehead atoms. The lowest BCUT2D eigenvalue weighted by Crippen LogP contribution is -2.43. The van der Waals surface area contributed by atoms with E-state index in [0.717, 1.165) is 72.0 Å². The monoisotopic (exact) mass is 479 g/mol. The number of aromatic nitrogens is 1. The Hall–Kier alpha value is -2.84. The number of aliphatic hydroxyl groups is 1. The number of rotatable bonds is 4. The summed E-state index contributed by atoms with van der Waals surface area (Å²) in [4.78, 5) is 10.6. The molecule has 3 N–H and O–H groups in total. The van der Waals surface area contributed by atoms with Crippen molar-refractivity contribution in [3.8, 4) is 28.0 Å². The number of pyridine rings is 1. The molecular weight excluding hydrogens is 450 g/mol. The molecule has 0 aliphatic carbocycles. The number of halogens is 1. The second-order valence-electron chi connectivity index (χ2n) is 9.04. The zero-order valence-corrected chi connectivity index (χ0v) is 20.3. The van der Waals surface area contributed by atoms with Gasteiger partial charge in [0.25, 0.3) is 0 Å². The van der Waals surface area contributed by atoms with Crippen LogP contribution in [0.5, 0.6) is 5.75 Å². The van der Waals surface area contributed by atoms with E-state index in [1.807, 2.05) is 66.2 Å². The number of hydrogen-bond donors (Lipinski definition) is 3. The summed E-state index contributed by atoms with van der Waals surface area (Å²) in [5, 5.41) is 25.7. The van der Waals surface area contributed by atoms with Gasteiger partial charge in [0.2, 0.25) is 0 Å². The highest BCUT2D eigenvalue weighted by atomic mass is 35.5. The first kappa shape index (κ1) is 22.9. The molecule has 34 heavy (non-hydrogen) atoms. The summed E-state index contributed by atoms with van der Waals surface area (Å²) in [5.74, 6) is 1.14. The average Bonchev–Trinajstić information content (AvgIpc) is 3.18. The topological polar surface area (TPSA) is 75.1 Å². The van der Waals surface area contributed by atoms with Gasteiger partial charge < -0.3 is 25.3 Å². The molecular formula is C26H30ClN5O2. The number of benzene rings is 2. The molecule has 7 nitrogen and oxygen atoms in total. The van der Waals surface area contributed by atoms with Gasteiger partial charge in [-0.25, -0.2) is 4.98 Å². The van der Waals surface area contributed by atoms with Gasteiger partial charge in [0.1, 0.15) is 11.6 Å². The summed E-state index contributed by atoms with van der Waals surface area (Å²) < 4.78 is 0. The van der Waals surface area contributed by atoms with E-state index in [9.17, 15) is 10.2 Å². The van der Waals surface area contributed by atoms with Crippen LogP contribution < -0.4 is 15.1 Å². The van der Waals surface area contributed by atoms with E-state index in [-0.39, 0.29) is 5.75 Å². The zero-order valence-electron chi connectivity index (χ0n) is 19.5. The first-order valence-electron chi connectivity index (χ1n) is 11.6. The van der Waals surface area contributed by atoms with Crippen LogP contribution in [0.2, 0.25) is 5.02 Å². The molecule has 178 valence electrons. The molecule has 1 aromatic heterocycles. The van der Waals surface area contributed by atoms with Crippen LogP contribution in [-0.2, 0) is 0 Å². The lowest BCUT2D eigenvalue weighted by Gasteiger charge is -2.28. The molecule has 8 heteroatoms. The number of aliphatic hydroxyl groups excluding tert-OH is 1. The minimum Gasteiger partial charge on any atom is -0.507 e. The minimum absolute atomic E-state index is 0.216. The number of piperazine rings is 1. The zero-order chi connectivity index (χ0) is 23.8. The lowest BCUT2D eigenvalue weighted by molar-refractivity contribution is 0.0590. The van der Waals surface area contributed by atoms with Gasteiger partial charge in [0.15, 0.2) is 6.35 Å². The Labute approximate surface area is 205 Å². The van der Waals surface area contributed by atoms with Crippen molar-refractivity contribution < 1.29 is 10.2 Å². The molecule has 2 saturated heterocycles. The van der Waals surface area contributed by atoms with Gasteiger partial charge in [-0.3, -0.25) is 4.90 Å². The van der Waals surface area contributed by atoms with Crippen molar-refractivity contribution in [1.82, 2.24) is 15.2 Å². The SMILES string of the molecule is Cc1cc(-c2ccnc(N3CCNCC3)c2)c(O)c(-c2ccc(N3CCN(C)C3O)c(Cl)c2)c1. The maximum Gasteiger partial charge on any atom is 0.186 e. The minimum atomic E-state index is -0.695. The highest BCUT2D eigenvalue weighted by molar-refractivity contribution is 6.33. The van der Waals surface area contributed by atoms with Crippen molar-refractivity contribution in [3.63, 3.8) is 0 Å². The molecule has 1 unspecified atom stereocenters. The van der Waals surface area contributed by atoms with E-state index < -0.39 is 6.35 Å².